The highest BCUT2D eigenvalue weighted by atomic mass is 35.5. The average Bonchev–Trinajstić information content (AvgIpc) is 2.56. The van der Waals surface area contributed by atoms with Crippen molar-refractivity contribution in [3.63, 3.8) is 0 Å². The monoisotopic (exact) mass is 378 g/mol. The number of carbonyl (C=O) groups excluding carboxylic acids is 2. The lowest BCUT2D eigenvalue weighted by Gasteiger charge is -2.16. The molecule has 0 fully saturated rings. The van der Waals surface area contributed by atoms with E-state index in [4.69, 9.17) is 16.3 Å². The van der Waals surface area contributed by atoms with E-state index in [2.05, 4.69) is 10.6 Å². The Kier molecular flexibility index (Phi) is 6.97. The summed E-state index contributed by atoms with van der Waals surface area (Å²) in [5.41, 5.74) is 1.54. The Labute approximate surface area is 156 Å². The second-order valence-corrected chi connectivity index (χ2v) is 6.18. The first-order valence-electron chi connectivity index (χ1n) is 8.10. The first-order valence-corrected chi connectivity index (χ1v) is 8.47. The molecule has 0 saturated carbocycles. The van der Waals surface area contributed by atoms with Gasteiger partial charge in [-0.3, -0.25) is 9.59 Å². The molecule has 138 valence electrons. The molecule has 0 radical (unpaired) electrons. The van der Waals surface area contributed by atoms with E-state index in [0.717, 1.165) is 11.6 Å². The van der Waals surface area contributed by atoms with Crippen LogP contribution in [0.3, 0.4) is 0 Å². The fraction of sp³-hybridized carbons (Fsp3) is 0.263. The summed E-state index contributed by atoms with van der Waals surface area (Å²) in [6, 6.07) is 10.8. The zero-order chi connectivity index (χ0) is 19.1. The van der Waals surface area contributed by atoms with Crippen molar-refractivity contribution in [1.29, 1.82) is 0 Å². The van der Waals surface area contributed by atoms with E-state index in [1.165, 1.54) is 19.1 Å². The highest BCUT2D eigenvalue weighted by Gasteiger charge is 2.11. The molecular formula is C19H20ClFN2O3. The van der Waals surface area contributed by atoms with Crippen LogP contribution in [-0.4, -0.2) is 18.4 Å². The number of benzene rings is 2. The van der Waals surface area contributed by atoms with E-state index in [1.54, 1.807) is 12.1 Å². The maximum Gasteiger partial charge on any atom is 0.223 e. The SMILES string of the molecule is CC(=O)Nc1cccc(C(C)NC(=O)CCOc2ccc(F)cc2Cl)c1. The number of hydrogen-bond donors (Lipinski definition) is 2. The van der Waals surface area contributed by atoms with Gasteiger partial charge in [0.25, 0.3) is 0 Å². The van der Waals surface area contributed by atoms with Gasteiger partial charge >= 0.3 is 0 Å². The lowest BCUT2D eigenvalue weighted by atomic mass is 10.1. The number of halogens is 2. The summed E-state index contributed by atoms with van der Waals surface area (Å²) in [4.78, 5) is 23.2. The van der Waals surface area contributed by atoms with E-state index in [-0.39, 0.29) is 35.9 Å². The number of ether oxygens (including phenoxy) is 1. The summed E-state index contributed by atoms with van der Waals surface area (Å²) in [6.45, 7) is 3.41. The first kappa shape index (κ1) is 19.7. The summed E-state index contributed by atoms with van der Waals surface area (Å²) in [5.74, 6) is -0.469. The zero-order valence-corrected chi connectivity index (χ0v) is 15.3. The molecule has 0 heterocycles. The fourth-order valence-corrected chi connectivity index (χ4v) is 2.55. The molecule has 0 spiro atoms. The molecule has 2 N–H and O–H groups in total. The number of amides is 2. The maximum atomic E-state index is 13.0. The van der Waals surface area contributed by atoms with E-state index >= 15 is 0 Å². The number of carbonyl (C=O) groups is 2. The van der Waals surface area contributed by atoms with Crippen molar-refractivity contribution in [3.8, 4) is 5.75 Å². The van der Waals surface area contributed by atoms with Crippen LogP contribution in [0.1, 0.15) is 31.9 Å². The molecule has 0 aliphatic heterocycles. The van der Waals surface area contributed by atoms with Crippen LogP contribution in [0, 0.1) is 5.82 Å². The average molecular weight is 379 g/mol. The van der Waals surface area contributed by atoms with Crippen molar-refractivity contribution in [2.45, 2.75) is 26.3 Å². The third kappa shape index (κ3) is 6.04. The molecule has 1 unspecified atom stereocenters. The zero-order valence-electron chi connectivity index (χ0n) is 14.5. The predicted octanol–water partition coefficient (Wildman–Crippen LogP) is 4.08. The lowest BCUT2D eigenvalue weighted by Crippen LogP contribution is -2.28. The van der Waals surface area contributed by atoms with E-state index in [0.29, 0.717) is 11.4 Å². The molecule has 0 aliphatic carbocycles. The topological polar surface area (TPSA) is 67.4 Å². The van der Waals surface area contributed by atoms with Gasteiger partial charge < -0.3 is 15.4 Å². The van der Waals surface area contributed by atoms with Crippen molar-refractivity contribution in [3.05, 3.63) is 58.9 Å². The van der Waals surface area contributed by atoms with Gasteiger partial charge in [0, 0.05) is 12.6 Å². The summed E-state index contributed by atoms with van der Waals surface area (Å²) in [5, 5.41) is 5.73. The molecule has 0 aliphatic rings. The summed E-state index contributed by atoms with van der Waals surface area (Å²) in [7, 11) is 0. The second-order valence-electron chi connectivity index (χ2n) is 5.77. The van der Waals surface area contributed by atoms with Gasteiger partial charge in [-0.25, -0.2) is 4.39 Å². The van der Waals surface area contributed by atoms with Gasteiger partial charge in [0.05, 0.1) is 24.1 Å². The van der Waals surface area contributed by atoms with Gasteiger partial charge in [-0.15, -0.1) is 0 Å². The molecule has 26 heavy (non-hydrogen) atoms. The standard InChI is InChI=1S/C19H20ClFN2O3/c1-12(14-4-3-5-16(10-14)23-13(2)24)22-19(25)8-9-26-18-7-6-15(21)11-17(18)20/h3-7,10-12H,8-9H2,1-2H3,(H,22,25)(H,23,24). The number of nitrogens with one attached hydrogen (secondary N) is 2. The van der Waals surface area contributed by atoms with Crippen LogP contribution in [0.15, 0.2) is 42.5 Å². The molecule has 0 aromatic heterocycles. The first-order chi connectivity index (χ1) is 12.3. The molecule has 0 saturated heterocycles. The highest BCUT2D eigenvalue weighted by molar-refractivity contribution is 6.32. The van der Waals surface area contributed by atoms with Crippen molar-refractivity contribution in [1.82, 2.24) is 5.32 Å². The third-order valence-corrected chi connectivity index (χ3v) is 3.86. The molecule has 2 amide bonds. The van der Waals surface area contributed by atoms with Crippen LogP contribution in [-0.2, 0) is 9.59 Å². The Morgan fingerprint density at radius 2 is 2.00 bits per heavy atom. The minimum atomic E-state index is -0.449. The number of anilines is 1. The largest absolute Gasteiger partial charge is 0.491 e. The molecule has 2 rings (SSSR count). The Morgan fingerprint density at radius 1 is 1.23 bits per heavy atom. The van der Waals surface area contributed by atoms with E-state index in [9.17, 15) is 14.0 Å². The van der Waals surface area contributed by atoms with E-state index < -0.39 is 5.82 Å². The highest BCUT2D eigenvalue weighted by Crippen LogP contribution is 2.25. The van der Waals surface area contributed by atoms with E-state index in [1.807, 2.05) is 19.1 Å². The quantitative estimate of drug-likeness (QED) is 0.762. The Hall–Kier alpha value is -2.60. The van der Waals surface area contributed by atoms with Gasteiger partial charge in [-0.05, 0) is 42.8 Å². The summed E-state index contributed by atoms with van der Waals surface area (Å²) >= 11 is 5.86. The molecule has 1 atom stereocenters. The Bertz CT molecular complexity index is 798. The van der Waals surface area contributed by atoms with Crippen LogP contribution in [0.2, 0.25) is 5.02 Å². The van der Waals surface area contributed by atoms with Gasteiger partial charge in [-0.2, -0.15) is 0 Å². The molecule has 0 bridgehead atoms. The third-order valence-electron chi connectivity index (χ3n) is 3.57. The van der Waals surface area contributed by atoms with Crippen molar-refractivity contribution >= 4 is 29.1 Å². The van der Waals surface area contributed by atoms with Crippen LogP contribution in [0.5, 0.6) is 5.75 Å². The number of hydrogen-bond acceptors (Lipinski definition) is 3. The fourth-order valence-electron chi connectivity index (χ4n) is 2.33. The second kappa shape index (κ2) is 9.20. The molecule has 5 nitrogen and oxygen atoms in total. The van der Waals surface area contributed by atoms with Crippen LogP contribution in [0.25, 0.3) is 0 Å². The van der Waals surface area contributed by atoms with Crippen molar-refractivity contribution in [2.24, 2.45) is 0 Å². The van der Waals surface area contributed by atoms with Gasteiger partial charge in [-0.1, -0.05) is 23.7 Å². The van der Waals surface area contributed by atoms with Crippen LogP contribution < -0.4 is 15.4 Å². The molecule has 2 aromatic carbocycles. The Morgan fingerprint density at radius 3 is 2.69 bits per heavy atom. The van der Waals surface area contributed by atoms with Crippen LogP contribution >= 0.6 is 11.6 Å². The van der Waals surface area contributed by atoms with Crippen molar-refractivity contribution in [2.75, 3.05) is 11.9 Å². The van der Waals surface area contributed by atoms with Gasteiger partial charge in [0.15, 0.2) is 0 Å². The smallest absolute Gasteiger partial charge is 0.223 e. The minimum absolute atomic E-state index is 0.121. The van der Waals surface area contributed by atoms with Crippen LogP contribution in [0.4, 0.5) is 10.1 Å². The Balaban J connectivity index is 1.84. The summed E-state index contributed by atoms with van der Waals surface area (Å²) < 4.78 is 18.4. The van der Waals surface area contributed by atoms with Gasteiger partial charge in [0.1, 0.15) is 11.6 Å². The summed E-state index contributed by atoms with van der Waals surface area (Å²) in [6.07, 6.45) is 0.128. The maximum absolute atomic E-state index is 13.0. The molecular weight excluding hydrogens is 359 g/mol. The predicted molar refractivity (Wildman–Crippen MR) is 98.8 cm³/mol. The molecule has 7 heteroatoms. The van der Waals surface area contributed by atoms with Gasteiger partial charge in [0.2, 0.25) is 11.8 Å². The lowest BCUT2D eigenvalue weighted by molar-refractivity contribution is -0.122. The number of rotatable bonds is 7. The minimum Gasteiger partial charge on any atom is -0.491 e. The van der Waals surface area contributed by atoms with Crippen molar-refractivity contribution < 1.29 is 18.7 Å². The molecule has 2 aromatic rings. The normalized spacial score (nSPS) is 11.5.